The molecule has 2 fully saturated rings. The van der Waals surface area contributed by atoms with Crippen molar-refractivity contribution in [3.63, 3.8) is 0 Å². The number of aromatic nitrogens is 13. The number of rotatable bonds is 14. The lowest BCUT2D eigenvalue weighted by atomic mass is 10.0. The number of ether oxygens (including phenoxy) is 5. The molecular weight excluding hydrogens is 1310 g/mol. The fourth-order valence-electron chi connectivity index (χ4n) is 13.6. The molecule has 0 spiro atoms. The Balaban J connectivity index is 0.000000125. The Bertz CT molecular complexity index is 5240. The highest BCUT2D eigenvalue weighted by atomic mass is 19.1. The molecule has 4 aromatic carbocycles. The van der Waals surface area contributed by atoms with E-state index in [1.807, 2.05) is 77.9 Å². The number of imidazole rings is 3. The molecule has 1 atom stereocenters. The van der Waals surface area contributed by atoms with Crippen molar-refractivity contribution in [3.8, 4) is 56.6 Å². The Kier molecular flexibility index (Phi) is 18.1. The van der Waals surface area contributed by atoms with E-state index in [0.717, 1.165) is 100 Å². The number of benzene rings is 4. The van der Waals surface area contributed by atoms with Gasteiger partial charge in [-0.05, 0) is 94.5 Å². The average Bonchev–Trinajstić information content (AvgIpc) is 1.58. The van der Waals surface area contributed by atoms with Crippen LogP contribution in [0.4, 0.5) is 36.8 Å². The van der Waals surface area contributed by atoms with Gasteiger partial charge in [-0.1, -0.05) is 35.8 Å². The van der Waals surface area contributed by atoms with Crippen molar-refractivity contribution in [1.29, 1.82) is 0 Å². The van der Waals surface area contributed by atoms with Crippen LogP contribution in [0.5, 0.6) is 23.0 Å². The lowest BCUT2D eigenvalue weighted by Gasteiger charge is -2.32. The van der Waals surface area contributed by atoms with Gasteiger partial charge in [-0.25, -0.2) is 38.1 Å². The molecule has 29 heteroatoms. The highest BCUT2D eigenvalue weighted by Crippen LogP contribution is 2.39. The monoisotopic (exact) mass is 1380 g/mol. The number of aryl methyl sites for hydroxylation is 5. The number of carbonyl (C=O) groups excluding carboxylic acids is 1. The molecule has 1 amide bonds. The van der Waals surface area contributed by atoms with Gasteiger partial charge in [0, 0.05) is 144 Å². The smallest absolute Gasteiger partial charge is 0.288 e. The van der Waals surface area contributed by atoms with Crippen molar-refractivity contribution in [2.45, 2.75) is 59.3 Å². The molecule has 102 heavy (non-hydrogen) atoms. The van der Waals surface area contributed by atoms with Crippen LogP contribution in [0.15, 0.2) is 110 Å². The second kappa shape index (κ2) is 27.8. The van der Waals surface area contributed by atoms with Gasteiger partial charge in [-0.15, -0.1) is 0 Å². The molecule has 1 unspecified atom stereocenters. The van der Waals surface area contributed by atoms with E-state index in [1.54, 1.807) is 59.0 Å². The van der Waals surface area contributed by atoms with E-state index in [-0.39, 0.29) is 55.1 Å². The van der Waals surface area contributed by atoms with Gasteiger partial charge >= 0.3 is 0 Å². The molecule has 8 aromatic heterocycles. The van der Waals surface area contributed by atoms with Crippen LogP contribution in [0, 0.1) is 44.8 Å². The molecule has 3 N–H and O–H groups in total. The van der Waals surface area contributed by atoms with E-state index in [1.165, 1.54) is 23.8 Å². The zero-order chi connectivity index (χ0) is 70.4. The van der Waals surface area contributed by atoms with Gasteiger partial charge in [0.2, 0.25) is 30.3 Å². The van der Waals surface area contributed by atoms with Crippen molar-refractivity contribution in [2.24, 2.45) is 14.1 Å². The Labute approximate surface area is 584 Å². The van der Waals surface area contributed by atoms with E-state index in [9.17, 15) is 18.0 Å². The molecule has 13 heterocycles. The standard InChI is InChI=1S/C27H28FN5O2.C26H26FN9O2.C20H19FN6O2/c1-17-15-33-26(31-17)21(18-3-5-19(6-4-18)24-16-34-12-10-32(24)2)13-29-27(33)30-14-22-20-9-11-35-25(20)8-7-23(22)28;1-28-23-15-36-24(31-23)18(21-12-20(32-34(21)3)25(37)35-9-7-33(2)8-10-35)14-30-26(36)29-13-17-16-6-11-38-22(16)5-4-19(17)27;1-11-6-16(26(3)25-11)14-8-23-20(27-9-12(2)24-19(14)27)22-7-13-15(21)4-5-17-18(13)29-10-28-17/h3-8,13,15,24H,9-12,14,16H2,1-2H3,(H,29,30);4-5,12,14-15H,6-11,13H2,2-3H3,(H,29,30);4-6,8-9H,7,10H2,1-3H3,(H,22,23). The Morgan fingerprint density at radius 2 is 1.10 bits per heavy atom. The number of nitrogens with zero attached hydrogens (tertiary/aromatic N) is 17. The first-order valence-corrected chi connectivity index (χ1v) is 33.5. The lowest BCUT2D eigenvalue weighted by molar-refractivity contribution is 0.00506. The second-order valence-corrected chi connectivity index (χ2v) is 25.7. The summed E-state index contributed by atoms with van der Waals surface area (Å²) in [7, 11) is 7.83. The van der Waals surface area contributed by atoms with E-state index in [0.29, 0.717) is 120 Å². The van der Waals surface area contributed by atoms with Crippen LogP contribution >= 0.6 is 0 Å². The first kappa shape index (κ1) is 66.3. The minimum Gasteiger partial charge on any atom is -0.493 e. The van der Waals surface area contributed by atoms with E-state index >= 15 is 0 Å². The molecule has 0 bridgehead atoms. The summed E-state index contributed by atoms with van der Waals surface area (Å²) in [5.41, 5.74) is 14.7. The average molecular weight is 1380 g/mol. The molecule has 12 aromatic rings. The number of morpholine rings is 1. The maximum atomic E-state index is 14.7. The quantitative estimate of drug-likeness (QED) is 0.0858. The van der Waals surface area contributed by atoms with Crippen molar-refractivity contribution in [3.05, 3.63) is 195 Å². The normalized spacial score (nSPS) is 15.5. The summed E-state index contributed by atoms with van der Waals surface area (Å²) in [4.78, 5) is 50.6. The van der Waals surface area contributed by atoms with Gasteiger partial charge in [0.1, 0.15) is 34.6 Å². The number of likely N-dealkylation sites (N-methyl/N-ethyl adjacent to an activating group) is 2. The first-order valence-electron chi connectivity index (χ1n) is 33.5. The van der Waals surface area contributed by atoms with Crippen LogP contribution in [0.3, 0.4) is 0 Å². The Morgan fingerprint density at radius 1 is 0.569 bits per heavy atom. The SMILES string of the molecule is Cc1cn2c(NCc3c(F)ccc4c3CCO4)ncc(-c3ccc(C4COCCN4C)cc3)c2n1.Cc1cn2c(NCc3c(F)ccc4c3OCO4)ncc(-c3cc(C)nn3C)c2n1.[C-]#[N+]c1cn2c(NCc3c(F)ccc4c3CCO4)ncc(-c3cc(C(=O)N4CCN(C)CC4)nn3C)c2n1. The van der Waals surface area contributed by atoms with Crippen LogP contribution in [0.25, 0.3) is 55.4 Å². The van der Waals surface area contributed by atoms with E-state index < -0.39 is 0 Å². The second-order valence-electron chi connectivity index (χ2n) is 25.7. The van der Waals surface area contributed by atoms with Gasteiger partial charge in [-0.3, -0.25) is 32.3 Å². The molecule has 0 saturated carbocycles. The highest BCUT2D eigenvalue weighted by molar-refractivity contribution is 5.94. The minimum absolute atomic E-state index is 0.0911. The number of amides is 1. The van der Waals surface area contributed by atoms with Gasteiger partial charge in [0.05, 0.1) is 77.6 Å². The number of hydrogen-bond donors (Lipinski definition) is 3. The topological polar surface area (TPSA) is 240 Å². The van der Waals surface area contributed by atoms with Gasteiger partial charge < -0.3 is 54.3 Å². The first-order chi connectivity index (χ1) is 49.5. The van der Waals surface area contributed by atoms with Crippen molar-refractivity contribution < 1.29 is 41.7 Å². The minimum atomic E-state index is -0.359. The zero-order valence-electron chi connectivity index (χ0n) is 57.3. The third-order valence-corrected chi connectivity index (χ3v) is 19.0. The predicted molar refractivity (Wildman–Crippen MR) is 375 cm³/mol. The summed E-state index contributed by atoms with van der Waals surface area (Å²) in [5.74, 6) is 3.21. The summed E-state index contributed by atoms with van der Waals surface area (Å²) in [6, 6.07) is 21.7. The number of fused-ring (bicyclic) bond motifs is 6. The number of piperazine rings is 1. The van der Waals surface area contributed by atoms with Crippen LogP contribution in [-0.2, 0) is 51.3 Å². The Hall–Kier alpha value is -11.6. The van der Waals surface area contributed by atoms with Gasteiger partial charge in [-0.2, -0.15) is 10.2 Å². The molecule has 17 rings (SSSR count). The fraction of sp³-hybridized carbons (Fsp3) is 0.315. The number of hydrogen-bond acceptors (Lipinski definition) is 19. The van der Waals surface area contributed by atoms with Crippen LogP contribution in [0.1, 0.15) is 67.0 Å². The maximum absolute atomic E-state index is 14.7. The van der Waals surface area contributed by atoms with E-state index in [2.05, 4.69) is 97.0 Å². The lowest BCUT2D eigenvalue weighted by Crippen LogP contribution is -2.47. The molecule has 5 aliphatic rings. The third-order valence-electron chi connectivity index (χ3n) is 19.0. The van der Waals surface area contributed by atoms with Crippen molar-refractivity contribution in [1.82, 2.24) is 77.4 Å². The third kappa shape index (κ3) is 12.9. The van der Waals surface area contributed by atoms with Crippen molar-refractivity contribution >= 4 is 46.5 Å². The molecule has 0 aliphatic carbocycles. The summed E-state index contributed by atoms with van der Waals surface area (Å²) >= 11 is 0. The number of nitrogens with one attached hydrogen (secondary N) is 3. The summed E-state index contributed by atoms with van der Waals surface area (Å²) in [6.07, 6.45) is 12.0. The summed E-state index contributed by atoms with van der Waals surface area (Å²) in [6.45, 7) is 20.6. The van der Waals surface area contributed by atoms with E-state index in [4.69, 9.17) is 35.2 Å². The van der Waals surface area contributed by atoms with Crippen LogP contribution < -0.4 is 34.9 Å². The molecule has 26 nitrogen and oxygen atoms in total. The van der Waals surface area contributed by atoms with Crippen molar-refractivity contribution in [2.75, 3.05) is 96.0 Å². The molecular formula is C73H73F3N20O6. The van der Waals surface area contributed by atoms with Gasteiger partial charge in [0.15, 0.2) is 22.8 Å². The summed E-state index contributed by atoms with van der Waals surface area (Å²) < 4.78 is 80.2. The summed E-state index contributed by atoms with van der Waals surface area (Å²) in [5, 5.41) is 18.6. The Morgan fingerprint density at radius 3 is 1.68 bits per heavy atom. The van der Waals surface area contributed by atoms with Crippen LogP contribution in [-0.4, -0.2) is 163 Å². The molecule has 2 saturated heterocycles. The largest absolute Gasteiger partial charge is 0.493 e. The highest BCUT2D eigenvalue weighted by Gasteiger charge is 2.29. The van der Waals surface area contributed by atoms with Gasteiger partial charge in [0.25, 0.3) is 11.7 Å². The predicted octanol–water partition coefficient (Wildman–Crippen LogP) is 10.4. The number of anilines is 3. The fourth-order valence-corrected chi connectivity index (χ4v) is 13.6. The molecule has 0 radical (unpaired) electrons. The zero-order valence-corrected chi connectivity index (χ0v) is 57.3. The number of carbonyl (C=O) groups is 1. The maximum Gasteiger partial charge on any atom is 0.288 e. The molecule has 5 aliphatic heterocycles. The van der Waals surface area contributed by atoms with Crippen LogP contribution in [0.2, 0.25) is 0 Å². The molecule has 522 valence electrons. The number of halogens is 3.